The number of aromatic hydroxyl groups is 1. The number of phenolic OH excluding ortho intramolecular Hbond substituents is 1. The summed E-state index contributed by atoms with van der Waals surface area (Å²) in [5, 5.41) is 21.3. The molecule has 0 saturated carbocycles. The lowest BCUT2D eigenvalue weighted by atomic mass is 10.0. The third kappa shape index (κ3) is 4.98. The zero-order valence-electron chi connectivity index (χ0n) is 21.1. The predicted octanol–water partition coefficient (Wildman–Crippen LogP) is 3.38. The van der Waals surface area contributed by atoms with Crippen molar-refractivity contribution < 1.29 is 14.6 Å². The topological polar surface area (TPSA) is 107 Å². The molecule has 9 nitrogen and oxygen atoms in total. The van der Waals surface area contributed by atoms with Gasteiger partial charge in [0.05, 0.1) is 35.6 Å². The van der Waals surface area contributed by atoms with Gasteiger partial charge in [-0.25, -0.2) is 4.98 Å². The van der Waals surface area contributed by atoms with Gasteiger partial charge in [0.2, 0.25) is 0 Å². The number of amides is 1. The molecule has 3 N–H and O–H groups in total. The number of nitrogens with one attached hydrogen (secondary N) is 2. The molecule has 6 rings (SSSR count). The van der Waals surface area contributed by atoms with E-state index in [1.54, 1.807) is 24.3 Å². The molecule has 2 aliphatic heterocycles. The van der Waals surface area contributed by atoms with Crippen molar-refractivity contribution in [1.29, 1.82) is 0 Å². The van der Waals surface area contributed by atoms with Gasteiger partial charge in [-0.2, -0.15) is 5.10 Å². The number of fused-ring (bicyclic) bond motifs is 1. The molecule has 2 aromatic heterocycles. The number of hydrogen-bond donors (Lipinski definition) is 3. The highest BCUT2D eigenvalue weighted by Crippen LogP contribution is 2.29. The molecule has 2 saturated heterocycles. The standard InChI is InChI=1S/C29H30N6O3/c36-23-7-5-21(6-8-23)26-19-24(29(37)35-12-10-30-11-13-35)27-25(32-33-28(27)31-26)9-4-20-2-1-3-22(18-20)34-14-16-38-17-15-34/h1-9,18-19,30,36H,10-17H2,(H,31,32,33)/b9-4+. The molecule has 0 atom stereocenters. The minimum Gasteiger partial charge on any atom is -0.508 e. The van der Waals surface area contributed by atoms with Crippen LogP contribution in [0.15, 0.2) is 54.6 Å². The molecule has 1 amide bonds. The number of aromatic nitrogens is 3. The molecule has 38 heavy (non-hydrogen) atoms. The number of aromatic amines is 1. The Kier molecular flexibility index (Phi) is 6.76. The van der Waals surface area contributed by atoms with Crippen molar-refractivity contribution >= 4 is 34.8 Å². The molecule has 4 heterocycles. The first-order valence-corrected chi connectivity index (χ1v) is 12.9. The van der Waals surface area contributed by atoms with Gasteiger partial charge in [-0.1, -0.05) is 18.2 Å². The van der Waals surface area contributed by atoms with Crippen molar-refractivity contribution in [2.24, 2.45) is 0 Å². The van der Waals surface area contributed by atoms with Crippen LogP contribution in [0.5, 0.6) is 5.75 Å². The van der Waals surface area contributed by atoms with Crippen LogP contribution in [-0.4, -0.2) is 83.6 Å². The van der Waals surface area contributed by atoms with Crippen LogP contribution >= 0.6 is 0 Å². The number of benzene rings is 2. The molecular formula is C29H30N6O3. The Morgan fingerprint density at radius 1 is 0.974 bits per heavy atom. The molecule has 0 unspecified atom stereocenters. The van der Waals surface area contributed by atoms with Gasteiger partial charge in [0.15, 0.2) is 5.65 Å². The smallest absolute Gasteiger partial charge is 0.254 e. The van der Waals surface area contributed by atoms with E-state index in [0.29, 0.717) is 41.1 Å². The number of anilines is 1. The van der Waals surface area contributed by atoms with E-state index in [9.17, 15) is 9.90 Å². The molecule has 2 fully saturated rings. The average molecular weight is 511 g/mol. The second-order valence-electron chi connectivity index (χ2n) is 9.50. The van der Waals surface area contributed by atoms with E-state index in [2.05, 4.69) is 44.7 Å². The molecule has 2 aliphatic rings. The van der Waals surface area contributed by atoms with Crippen molar-refractivity contribution in [2.75, 3.05) is 57.4 Å². The quantitative estimate of drug-likeness (QED) is 0.378. The third-order valence-electron chi connectivity index (χ3n) is 7.04. The van der Waals surface area contributed by atoms with Crippen molar-refractivity contribution in [3.05, 3.63) is 71.4 Å². The zero-order valence-corrected chi connectivity index (χ0v) is 21.1. The first kappa shape index (κ1) is 24.1. The number of piperazine rings is 1. The van der Waals surface area contributed by atoms with Crippen molar-refractivity contribution in [3.63, 3.8) is 0 Å². The fraction of sp³-hybridized carbons (Fsp3) is 0.276. The molecule has 9 heteroatoms. The third-order valence-corrected chi connectivity index (χ3v) is 7.04. The van der Waals surface area contributed by atoms with Crippen LogP contribution < -0.4 is 10.2 Å². The van der Waals surface area contributed by atoms with Crippen LogP contribution in [0.2, 0.25) is 0 Å². The highest BCUT2D eigenvalue weighted by molar-refractivity contribution is 6.09. The SMILES string of the molecule is O=C(c1cc(-c2ccc(O)cc2)nc2[nH]nc(/C=C/c3cccc(N4CCOCC4)c3)c12)N1CCNCC1. The Hall–Kier alpha value is -4.21. The Balaban J connectivity index is 1.38. The van der Waals surface area contributed by atoms with Gasteiger partial charge in [-0.05, 0) is 54.1 Å². The summed E-state index contributed by atoms with van der Waals surface area (Å²) in [6, 6.07) is 17.0. The summed E-state index contributed by atoms with van der Waals surface area (Å²) < 4.78 is 5.49. The summed E-state index contributed by atoms with van der Waals surface area (Å²) in [5.41, 5.74) is 5.45. The van der Waals surface area contributed by atoms with E-state index in [1.165, 1.54) is 0 Å². The van der Waals surface area contributed by atoms with Crippen LogP contribution in [0.25, 0.3) is 34.4 Å². The van der Waals surface area contributed by atoms with Crippen molar-refractivity contribution in [1.82, 2.24) is 25.4 Å². The van der Waals surface area contributed by atoms with Crippen LogP contribution in [0, 0.1) is 0 Å². The van der Waals surface area contributed by atoms with Gasteiger partial charge >= 0.3 is 0 Å². The maximum absolute atomic E-state index is 13.7. The van der Waals surface area contributed by atoms with Gasteiger partial charge in [0, 0.05) is 50.5 Å². The number of pyridine rings is 1. The van der Waals surface area contributed by atoms with Gasteiger partial charge in [-0.15, -0.1) is 0 Å². The van der Waals surface area contributed by atoms with Crippen molar-refractivity contribution in [2.45, 2.75) is 0 Å². The minimum atomic E-state index is -0.0377. The molecule has 4 aromatic rings. The summed E-state index contributed by atoms with van der Waals surface area (Å²) >= 11 is 0. The maximum atomic E-state index is 13.7. The second-order valence-corrected chi connectivity index (χ2v) is 9.50. The molecule has 2 aromatic carbocycles. The fourth-order valence-corrected chi connectivity index (χ4v) is 4.98. The molecule has 0 spiro atoms. The second kappa shape index (κ2) is 10.6. The number of H-pyrrole nitrogens is 1. The predicted molar refractivity (Wildman–Crippen MR) is 148 cm³/mol. The Morgan fingerprint density at radius 3 is 2.55 bits per heavy atom. The number of ether oxygens (including phenoxy) is 1. The van der Waals surface area contributed by atoms with Crippen LogP contribution in [-0.2, 0) is 4.74 Å². The molecule has 194 valence electrons. The first-order chi connectivity index (χ1) is 18.7. The normalized spacial score (nSPS) is 16.4. The lowest BCUT2D eigenvalue weighted by molar-refractivity contribution is 0.0737. The summed E-state index contributed by atoms with van der Waals surface area (Å²) in [6.07, 6.45) is 3.96. The van der Waals surface area contributed by atoms with E-state index in [-0.39, 0.29) is 11.7 Å². The number of rotatable bonds is 5. The summed E-state index contributed by atoms with van der Waals surface area (Å²) in [5.74, 6) is 0.142. The van der Waals surface area contributed by atoms with Crippen LogP contribution in [0.3, 0.4) is 0 Å². The van der Waals surface area contributed by atoms with Gasteiger partial charge in [-0.3, -0.25) is 9.89 Å². The summed E-state index contributed by atoms with van der Waals surface area (Å²) in [4.78, 5) is 22.7. The van der Waals surface area contributed by atoms with E-state index < -0.39 is 0 Å². The summed E-state index contributed by atoms with van der Waals surface area (Å²) in [6.45, 7) is 6.06. The number of carbonyl (C=O) groups is 1. The first-order valence-electron chi connectivity index (χ1n) is 12.9. The number of hydrogen-bond acceptors (Lipinski definition) is 7. The summed E-state index contributed by atoms with van der Waals surface area (Å²) in [7, 11) is 0. The van der Waals surface area contributed by atoms with Gasteiger partial charge < -0.3 is 25.0 Å². The number of nitrogens with zero attached hydrogens (tertiary/aromatic N) is 4. The van der Waals surface area contributed by atoms with E-state index >= 15 is 0 Å². The molecule has 0 aliphatic carbocycles. The van der Waals surface area contributed by atoms with Crippen LogP contribution in [0.4, 0.5) is 5.69 Å². The highest BCUT2D eigenvalue weighted by Gasteiger charge is 2.24. The largest absolute Gasteiger partial charge is 0.508 e. The van der Waals surface area contributed by atoms with Gasteiger partial charge in [0.25, 0.3) is 5.91 Å². The highest BCUT2D eigenvalue weighted by atomic mass is 16.5. The molecular weight excluding hydrogens is 480 g/mol. The van der Waals surface area contributed by atoms with Crippen LogP contribution in [0.1, 0.15) is 21.6 Å². The molecule has 0 bridgehead atoms. The lowest BCUT2D eigenvalue weighted by Crippen LogP contribution is -2.46. The lowest BCUT2D eigenvalue weighted by Gasteiger charge is -2.29. The Bertz CT molecular complexity index is 1470. The number of phenols is 1. The Morgan fingerprint density at radius 2 is 1.76 bits per heavy atom. The fourth-order valence-electron chi connectivity index (χ4n) is 4.98. The maximum Gasteiger partial charge on any atom is 0.254 e. The number of morpholine rings is 1. The number of carbonyl (C=O) groups excluding carboxylic acids is 1. The van der Waals surface area contributed by atoms with E-state index in [1.807, 2.05) is 23.1 Å². The average Bonchev–Trinajstić information content (AvgIpc) is 3.40. The Labute approximate surface area is 220 Å². The minimum absolute atomic E-state index is 0.0377. The van der Waals surface area contributed by atoms with Gasteiger partial charge in [0.1, 0.15) is 5.75 Å². The monoisotopic (exact) mass is 510 g/mol. The molecule has 0 radical (unpaired) electrons. The van der Waals surface area contributed by atoms with Crippen molar-refractivity contribution in [3.8, 4) is 17.0 Å². The zero-order chi connectivity index (χ0) is 25.9. The van der Waals surface area contributed by atoms with E-state index in [0.717, 1.165) is 56.2 Å². The van der Waals surface area contributed by atoms with E-state index in [4.69, 9.17) is 9.72 Å².